The smallest absolute Gasteiger partial charge is 0.293 e. The van der Waals surface area contributed by atoms with E-state index in [1.54, 1.807) is 55.5 Å². The largest absolute Gasteiger partial charge is 0.449 e. The van der Waals surface area contributed by atoms with Crippen LogP contribution in [0.1, 0.15) is 34.4 Å². The first kappa shape index (κ1) is 24.6. The summed E-state index contributed by atoms with van der Waals surface area (Å²) in [5.41, 5.74) is 0.476. The number of hydrogen-bond donors (Lipinski definition) is 2. The van der Waals surface area contributed by atoms with Crippen LogP contribution in [0.3, 0.4) is 0 Å². The van der Waals surface area contributed by atoms with Gasteiger partial charge in [-0.25, -0.2) is 18.4 Å². The quantitative estimate of drug-likeness (QED) is 0.312. The molecule has 0 unspecified atom stereocenters. The number of nitrogens with zero attached hydrogens (tertiary/aromatic N) is 2. The SMILES string of the molecule is CCCS(=O)(=O)c1ncc(Cl)c(C(=O)Nc2c(C(=O)Nc3cccc(Cl)c3)oc3ccccc23)n1. The molecule has 0 saturated heterocycles. The Labute approximate surface area is 210 Å². The molecular formula is C23H18Cl2N4O5S. The number of nitrogens with one attached hydrogen (secondary N) is 2. The Morgan fingerprint density at radius 2 is 1.80 bits per heavy atom. The highest BCUT2D eigenvalue weighted by atomic mass is 35.5. The van der Waals surface area contributed by atoms with Crippen molar-refractivity contribution in [2.24, 2.45) is 0 Å². The number of hydrogen-bond acceptors (Lipinski definition) is 7. The Balaban J connectivity index is 1.71. The van der Waals surface area contributed by atoms with Crippen LogP contribution in [0.4, 0.5) is 11.4 Å². The molecule has 0 aliphatic carbocycles. The number of anilines is 2. The van der Waals surface area contributed by atoms with Crippen LogP contribution in [0.2, 0.25) is 10.0 Å². The topological polar surface area (TPSA) is 131 Å². The summed E-state index contributed by atoms with van der Waals surface area (Å²) in [7, 11) is -3.79. The minimum absolute atomic E-state index is 0.0674. The molecule has 2 aromatic heterocycles. The summed E-state index contributed by atoms with van der Waals surface area (Å²) in [6.45, 7) is 1.70. The van der Waals surface area contributed by atoms with Gasteiger partial charge >= 0.3 is 0 Å². The van der Waals surface area contributed by atoms with Gasteiger partial charge in [-0.2, -0.15) is 0 Å². The van der Waals surface area contributed by atoms with Gasteiger partial charge in [-0.15, -0.1) is 0 Å². The molecule has 9 nitrogen and oxygen atoms in total. The van der Waals surface area contributed by atoms with Crippen LogP contribution in [0.25, 0.3) is 11.0 Å². The summed E-state index contributed by atoms with van der Waals surface area (Å²) in [6, 6.07) is 13.2. The number of furan rings is 1. The summed E-state index contributed by atoms with van der Waals surface area (Å²) in [6.07, 6.45) is 1.40. The highest BCUT2D eigenvalue weighted by Crippen LogP contribution is 2.32. The molecule has 0 fully saturated rings. The van der Waals surface area contributed by atoms with Crippen molar-refractivity contribution < 1.29 is 22.4 Å². The molecular weight excluding hydrogens is 515 g/mol. The maximum Gasteiger partial charge on any atom is 0.293 e. The molecule has 0 spiro atoms. The minimum Gasteiger partial charge on any atom is -0.449 e. The van der Waals surface area contributed by atoms with Gasteiger partial charge in [-0.3, -0.25) is 9.59 Å². The number of carbonyl (C=O) groups excluding carboxylic acids is 2. The summed E-state index contributed by atoms with van der Waals surface area (Å²) in [5.74, 6) is -1.84. The molecule has 0 saturated carbocycles. The number of sulfone groups is 1. The first-order valence-electron chi connectivity index (χ1n) is 10.3. The van der Waals surface area contributed by atoms with E-state index in [0.29, 0.717) is 28.1 Å². The van der Waals surface area contributed by atoms with Crippen LogP contribution in [-0.2, 0) is 9.84 Å². The van der Waals surface area contributed by atoms with Crippen LogP contribution in [0.5, 0.6) is 0 Å². The van der Waals surface area contributed by atoms with Gasteiger partial charge in [-0.05, 0) is 36.8 Å². The van der Waals surface area contributed by atoms with Gasteiger partial charge in [0.25, 0.3) is 11.8 Å². The second-order valence-corrected chi connectivity index (χ2v) is 10.2. The monoisotopic (exact) mass is 532 g/mol. The van der Waals surface area contributed by atoms with E-state index in [1.807, 2.05) is 0 Å². The van der Waals surface area contributed by atoms with Crippen molar-refractivity contribution in [1.82, 2.24) is 9.97 Å². The van der Waals surface area contributed by atoms with Gasteiger partial charge in [-0.1, -0.05) is 48.3 Å². The molecule has 0 aliphatic rings. The third kappa shape index (κ3) is 5.29. The average molecular weight is 533 g/mol. The predicted octanol–water partition coefficient (Wildman–Crippen LogP) is 5.22. The van der Waals surface area contributed by atoms with E-state index in [4.69, 9.17) is 27.6 Å². The van der Waals surface area contributed by atoms with Crippen LogP contribution >= 0.6 is 23.2 Å². The highest BCUT2D eigenvalue weighted by molar-refractivity contribution is 7.91. The molecule has 0 aliphatic heterocycles. The molecule has 2 amide bonds. The summed E-state index contributed by atoms with van der Waals surface area (Å²) in [5, 5.41) is 5.46. The van der Waals surface area contributed by atoms with E-state index in [2.05, 4.69) is 20.6 Å². The first-order valence-corrected chi connectivity index (χ1v) is 12.8. The van der Waals surface area contributed by atoms with Crippen molar-refractivity contribution in [1.29, 1.82) is 0 Å². The maximum atomic E-state index is 13.1. The zero-order valence-electron chi connectivity index (χ0n) is 18.2. The van der Waals surface area contributed by atoms with E-state index in [9.17, 15) is 18.0 Å². The Kier molecular flexibility index (Phi) is 7.06. The highest BCUT2D eigenvalue weighted by Gasteiger charge is 2.26. The molecule has 2 heterocycles. The molecule has 4 aromatic rings. The summed E-state index contributed by atoms with van der Waals surface area (Å²) < 4.78 is 30.5. The van der Waals surface area contributed by atoms with E-state index in [0.717, 1.165) is 6.20 Å². The van der Waals surface area contributed by atoms with Crippen molar-refractivity contribution in [2.75, 3.05) is 16.4 Å². The average Bonchev–Trinajstić information content (AvgIpc) is 3.17. The lowest BCUT2D eigenvalue weighted by atomic mass is 10.2. The van der Waals surface area contributed by atoms with Crippen molar-refractivity contribution >= 4 is 67.2 Å². The lowest BCUT2D eigenvalue weighted by molar-refractivity contribution is 0.0999. The molecule has 180 valence electrons. The second kappa shape index (κ2) is 10.0. The number of halogens is 2. The molecule has 35 heavy (non-hydrogen) atoms. The second-order valence-electron chi connectivity index (χ2n) is 7.39. The van der Waals surface area contributed by atoms with Gasteiger partial charge in [0, 0.05) is 16.1 Å². The number of aromatic nitrogens is 2. The zero-order chi connectivity index (χ0) is 25.2. The number of rotatable bonds is 7. The van der Waals surface area contributed by atoms with Crippen molar-refractivity contribution in [3.8, 4) is 0 Å². The fraction of sp³-hybridized carbons (Fsp3) is 0.130. The minimum atomic E-state index is -3.79. The summed E-state index contributed by atoms with van der Waals surface area (Å²) >= 11 is 12.1. The fourth-order valence-electron chi connectivity index (χ4n) is 3.28. The zero-order valence-corrected chi connectivity index (χ0v) is 20.5. The Hall–Kier alpha value is -3.47. The first-order chi connectivity index (χ1) is 16.7. The molecule has 2 aromatic carbocycles. The summed E-state index contributed by atoms with van der Waals surface area (Å²) in [4.78, 5) is 33.8. The van der Waals surface area contributed by atoms with Gasteiger partial charge in [0.2, 0.25) is 20.8 Å². The standard InChI is InChI=1S/C23H18Cl2N4O5S/c1-2-10-35(32,33)23-26-12-16(25)19(29-23)21(30)28-18-15-8-3-4-9-17(15)34-20(18)22(31)27-14-7-5-6-13(24)11-14/h3-9,11-12H,2,10H2,1H3,(H,27,31)(H,28,30). The van der Waals surface area contributed by atoms with Gasteiger partial charge < -0.3 is 15.1 Å². The van der Waals surface area contributed by atoms with Crippen molar-refractivity contribution in [3.63, 3.8) is 0 Å². The van der Waals surface area contributed by atoms with E-state index in [-0.39, 0.29) is 27.9 Å². The van der Waals surface area contributed by atoms with Crippen molar-refractivity contribution in [3.05, 3.63) is 76.2 Å². The van der Waals surface area contributed by atoms with E-state index < -0.39 is 26.8 Å². The molecule has 12 heteroatoms. The molecule has 0 radical (unpaired) electrons. The molecule has 0 bridgehead atoms. The number of amides is 2. The number of para-hydroxylation sites is 1. The van der Waals surface area contributed by atoms with Gasteiger partial charge in [0.15, 0.2) is 5.69 Å². The van der Waals surface area contributed by atoms with Crippen LogP contribution in [0, 0.1) is 0 Å². The Morgan fingerprint density at radius 1 is 1.03 bits per heavy atom. The number of fused-ring (bicyclic) bond motifs is 1. The van der Waals surface area contributed by atoms with Crippen LogP contribution < -0.4 is 10.6 Å². The lowest BCUT2D eigenvalue weighted by Gasteiger charge is -2.09. The van der Waals surface area contributed by atoms with Gasteiger partial charge in [0.05, 0.1) is 17.0 Å². The molecule has 0 atom stereocenters. The maximum absolute atomic E-state index is 13.1. The normalized spacial score (nSPS) is 11.4. The third-order valence-electron chi connectivity index (χ3n) is 4.81. The third-order valence-corrected chi connectivity index (χ3v) is 7.02. The predicted molar refractivity (Wildman–Crippen MR) is 133 cm³/mol. The Bertz CT molecular complexity index is 1550. The van der Waals surface area contributed by atoms with Crippen LogP contribution in [0.15, 0.2) is 64.3 Å². The van der Waals surface area contributed by atoms with Gasteiger partial charge in [0.1, 0.15) is 11.3 Å². The van der Waals surface area contributed by atoms with Crippen LogP contribution in [-0.4, -0.2) is 36.0 Å². The fourth-order valence-corrected chi connectivity index (χ4v) is 4.81. The molecule has 2 N–H and O–H groups in total. The number of benzene rings is 2. The Morgan fingerprint density at radius 3 is 2.54 bits per heavy atom. The molecule has 4 rings (SSSR count). The number of carbonyl (C=O) groups is 2. The lowest BCUT2D eigenvalue weighted by Crippen LogP contribution is -2.20. The van der Waals surface area contributed by atoms with E-state index in [1.165, 1.54) is 0 Å². The van der Waals surface area contributed by atoms with Crippen molar-refractivity contribution in [2.45, 2.75) is 18.5 Å². The van der Waals surface area contributed by atoms with E-state index >= 15 is 0 Å².